The van der Waals surface area contributed by atoms with Gasteiger partial charge in [0.25, 0.3) is 0 Å². The van der Waals surface area contributed by atoms with E-state index in [4.69, 9.17) is 5.11 Å². The molecule has 2 N–H and O–H groups in total. The van der Waals surface area contributed by atoms with E-state index in [0.29, 0.717) is 11.6 Å². The summed E-state index contributed by atoms with van der Waals surface area (Å²) in [6.07, 6.45) is 0.757. The third kappa shape index (κ3) is 3.91. The van der Waals surface area contributed by atoms with Crippen LogP contribution in [0.3, 0.4) is 0 Å². The first-order chi connectivity index (χ1) is 14.9. The van der Waals surface area contributed by atoms with Gasteiger partial charge in [0.15, 0.2) is 0 Å². The lowest BCUT2D eigenvalue weighted by Crippen LogP contribution is -2.07. The summed E-state index contributed by atoms with van der Waals surface area (Å²) in [4.78, 5) is 15.5. The summed E-state index contributed by atoms with van der Waals surface area (Å²) in [5.41, 5.74) is 7.35. The van der Waals surface area contributed by atoms with E-state index in [1.165, 1.54) is 22.2 Å². The van der Waals surface area contributed by atoms with Crippen LogP contribution in [0.2, 0.25) is 0 Å². The van der Waals surface area contributed by atoms with Gasteiger partial charge >= 0.3 is 6.09 Å². The van der Waals surface area contributed by atoms with Crippen LogP contribution < -0.4 is 5.32 Å². The van der Waals surface area contributed by atoms with Gasteiger partial charge in [-0.25, -0.2) is 4.79 Å². The van der Waals surface area contributed by atoms with Crippen molar-refractivity contribution in [3.63, 3.8) is 0 Å². The van der Waals surface area contributed by atoms with Crippen LogP contribution in [0.5, 0.6) is 0 Å². The Bertz CT molecular complexity index is 1220. The van der Waals surface area contributed by atoms with Crippen LogP contribution in [-0.4, -0.2) is 20.8 Å². The van der Waals surface area contributed by atoms with E-state index in [0.717, 1.165) is 16.8 Å². The quantitative estimate of drug-likeness (QED) is 0.364. The number of hydrogen-bond acceptors (Lipinski definition) is 2. The van der Waals surface area contributed by atoms with E-state index in [-0.39, 0.29) is 6.04 Å². The molecular weight excluding hydrogens is 386 g/mol. The maximum absolute atomic E-state index is 11.0. The number of carboxylic acid groups (broad SMARTS) is 1. The summed E-state index contributed by atoms with van der Waals surface area (Å²) in [6, 6.07) is 20.4. The van der Waals surface area contributed by atoms with Gasteiger partial charge in [-0.1, -0.05) is 44.2 Å². The number of pyridine rings is 1. The molecule has 1 amide bonds. The van der Waals surface area contributed by atoms with Gasteiger partial charge in [-0.2, -0.15) is 0 Å². The molecule has 0 aliphatic rings. The molecular formula is C26H27N3O2. The standard InChI is InChI=1S/C26H27N3O2/c1-16(2)24-21-13-10-19(22-7-5-6-14-27-22)15-23(21)29(17(3)4)25(24)18-8-11-20(12-9-18)28-26(30)31/h5-17,28H,1-4H3,(H,30,31). The zero-order valence-electron chi connectivity index (χ0n) is 18.3. The third-order valence-corrected chi connectivity index (χ3v) is 5.51. The van der Waals surface area contributed by atoms with Crippen molar-refractivity contribution in [3.8, 4) is 22.5 Å². The Morgan fingerprint density at radius 1 is 0.968 bits per heavy atom. The highest BCUT2D eigenvalue weighted by atomic mass is 16.4. The lowest BCUT2D eigenvalue weighted by atomic mass is 9.95. The summed E-state index contributed by atoms with van der Waals surface area (Å²) in [6.45, 7) is 8.83. The van der Waals surface area contributed by atoms with Gasteiger partial charge in [0.05, 0.1) is 11.4 Å². The molecule has 0 atom stereocenters. The Morgan fingerprint density at radius 3 is 2.26 bits per heavy atom. The number of anilines is 1. The summed E-state index contributed by atoms with van der Waals surface area (Å²) in [5, 5.41) is 12.6. The van der Waals surface area contributed by atoms with Crippen LogP contribution >= 0.6 is 0 Å². The van der Waals surface area contributed by atoms with E-state index < -0.39 is 6.09 Å². The predicted octanol–water partition coefficient (Wildman–Crippen LogP) is 7.16. The van der Waals surface area contributed by atoms with Crippen molar-refractivity contribution in [2.75, 3.05) is 5.32 Å². The number of aromatic nitrogens is 2. The first-order valence-corrected chi connectivity index (χ1v) is 10.6. The Hall–Kier alpha value is -3.60. The SMILES string of the molecule is CC(C)c1c(-c2ccc(NC(=O)O)cc2)n(C(C)C)c2cc(-c3ccccn3)ccc12. The molecule has 2 aromatic heterocycles. The maximum atomic E-state index is 11.0. The van der Waals surface area contributed by atoms with Crippen molar-refractivity contribution in [1.29, 1.82) is 0 Å². The minimum absolute atomic E-state index is 0.251. The van der Waals surface area contributed by atoms with Crippen LogP contribution in [-0.2, 0) is 0 Å². The molecule has 158 valence electrons. The highest BCUT2D eigenvalue weighted by Gasteiger charge is 2.22. The van der Waals surface area contributed by atoms with Crippen LogP contribution in [0.25, 0.3) is 33.4 Å². The molecule has 0 aliphatic carbocycles. The number of carbonyl (C=O) groups is 1. The molecule has 2 heterocycles. The van der Waals surface area contributed by atoms with Gasteiger partial charge in [0.2, 0.25) is 0 Å². The van der Waals surface area contributed by atoms with Crippen molar-refractivity contribution in [1.82, 2.24) is 9.55 Å². The van der Waals surface area contributed by atoms with E-state index in [2.05, 4.69) is 60.8 Å². The molecule has 4 aromatic rings. The Morgan fingerprint density at radius 2 is 1.68 bits per heavy atom. The summed E-state index contributed by atoms with van der Waals surface area (Å²) >= 11 is 0. The van der Waals surface area contributed by atoms with Gasteiger partial charge in [0, 0.05) is 34.4 Å². The Balaban J connectivity index is 1.96. The molecule has 0 saturated carbocycles. The normalized spacial score (nSPS) is 11.4. The maximum Gasteiger partial charge on any atom is 0.409 e. The minimum Gasteiger partial charge on any atom is -0.465 e. The van der Waals surface area contributed by atoms with Crippen molar-refractivity contribution >= 4 is 22.7 Å². The molecule has 5 heteroatoms. The molecule has 4 rings (SSSR count). The first-order valence-electron chi connectivity index (χ1n) is 10.6. The fourth-order valence-electron chi connectivity index (χ4n) is 4.28. The van der Waals surface area contributed by atoms with Gasteiger partial charge in [-0.05, 0) is 61.2 Å². The average Bonchev–Trinajstić information content (AvgIpc) is 3.09. The second kappa shape index (κ2) is 8.26. The molecule has 0 fully saturated rings. The number of benzene rings is 2. The van der Waals surface area contributed by atoms with Crippen LogP contribution in [0.1, 0.15) is 45.2 Å². The van der Waals surface area contributed by atoms with Gasteiger partial charge < -0.3 is 9.67 Å². The van der Waals surface area contributed by atoms with Crippen molar-refractivity contribution in [3.05, 3.63) is 72.4 Å². The fraction of sp³-hybridized carbons (Fsp3) is 0.231. The monoisotopic (exact) mass is 413 g/mol. The zero-order valence-corrected chi connectivity index (χ0v) is 18.3. The van der Waals surface area contributed by atoms with E-state index in [9.17, 15) is 4.79 Å². The largest absolute Gasteiger partial charge is 0.465 e. The molecule has 0 radical (unpaired) electrons. The number of rotatable bonds is 5. The molecule has 0 saturated heterocycles. The zero-order chi connectivity index (χ0) is 22.1. The Kier molecular flexibility index (Phi) is 5.51. The smallest absolute Gasteiger partial charge is 0.409 e. The number of nitrogens with zero attached hydrogens (tertiary/aromatic N) is 2. The molecule has 2 aromatic carbocycles. The summed E-state index contributed by atoms with van der Waals surface area (Å²) < 4.78 is 2.39. The number of nitrogens with one attached hydrogen (secondary N) is 1. The summed E-state index contributed by atoms with van der Waals surface area (Å²) in [7, 11) is 0. The molecule has 0 aliphatic heterocycles. The number of hydrogen-bond donors (Lipinski definition) is 2. The third-order valence-electron chi connectivity index (χ3n) is 5.51. The summed E-state index contributed by atoms with van der Waals surface area (Å²) in [5.74, 6) is 0.329. The van der Waals surface area contributed by atoms with Crippen molar-refractivity contribution in [2.45, 2.75) is 39.7 Å². The van der Waals surface area contributed by atoms with Gasteiger partial charge in [-0.3, -0.25) is 10.3 Å². The minimum atomic E-state index is -1.06. The van der Waals surface area contributed by atoms with Gasteiger partial charge in [0.1, 0.15) is 0 Å². The van der Waals surface area contributed by atoms with E-state index >= 15 is 0 Å². The fourth-order valence-corrected chi connectivity index (χ4v) is 4.28. The van der Waals surface area contributed by atoms with Gasteiger partial charge in [-0.15, -0.1) is 0 Å². The van der Waals surface area contributed by atoms with Crippen LogP contribution in [0.4, 0.5) is 10.5 Å². The molecule has 5 nitrogen and oxygen atoms in total. The van der Waals surface area contributed by atoms with Crippen LogP contribution in [0.15, 0.2) is 66.9 Å². The van der Waals surface area contributed by atoms with Crippen molar-refractivity contribution in [2.24, 2.45) is 0 Å². The lowest BCUT2D eigenvalue weighted by Gasteiger charge is -2.18. The van der Waals surface area contributed by atoms with E-state index in [1.54, 1.807) is 0 Å². The molecule has 0 unspecified atom stereocenters. The highest BCUT2D eigenvalue weighted by Crippen LogP contribution is 2.41. The Labute approximate surface area is 182 Å². The second-order valence-corrected chi connectivity index (χ2v) is 8.34. The van der Waals surface area contributed by atoms with Crippen molar-refractivity contribution < 1.29 is 9.90 Å². The molecule has 31 heavy (non-hydrogen) atoms. The number of fused-ring (bicyclic) bond motifs is 1. The molecule has 0 spiro atoms. The lowest BCUT2D eigenvalue weighted by molar-refractivity contribution is 0.210. The number of amides is 1. The predicted molar refractivity (Wildman–Crippen MR) is 127 cm³/mol. The molecule has 0 bridgehead atoms. The van der Waals surface area contributed by atoms with Crippen LogP contribution in [0, 0.1) is 0 Å². The highest BCUT2D eigenvalue weighted by molar-refractivity contribution is 5.95. The topological polar surface area (TPSA) is 67.2 Å². The first kappa shape index (κ1) is 20.7. The van der Waals surface area contributed by atoms with E-state index in [1.807, 2.05) is 48.7 Å². The average molecular weight is 414 g/mol. The second-order valence-electron chi connectivity index (χ2n) is 8.34.